The van der Waals surface area contributed by atoms with Crippen LogP contribution in [0, 0.1) is 11.8 Å². The second-order valence-corrected chi connectivity index (χ2v) is 7.82. The first-order chi connectivity index (χ1) is 12.5. The van der Waals surface area contributed by atoms with E-state index in [1.165, 1.54) is 12.8 Å². The number of nitrogens with one attached hydrogen (secondary N) is 1. The highest BCUT2D eigenvalue weighted by molar-refractivity contribution is 5.79. The van der Waals surface area contributed by atoms with Crippen LogP contribution in [0.3, 0.4) is 0 Å². The molecule has 2 aromatic rings. The molecule has 1 saturated heterocycles. The number of anilines is 1. The van der Waals surface area contributed by atoms with Crippen LogP contribution in [-0.4, -0.2) is 44.8 Å². The standard InChI is InChI=1S/C19H30N6O/c1-14(2)5-4-6-15(3)21-19(26)16-9-11-24(12-10-16)18-8-7-17-22-20-13-25(17)23-18/h7-8,13-16H,4-6,9-12H2,1-3H3,(H,21,26). The third kappa shape index (κ3) is 4.71. The van der Waals surface area contributed by atoms with Crippen LogP contribution < -0.4 is 10.2 Å². The Morgan fingerprint density at radius 1 is 1.23 bits per heavy atom. The predicted octanol–water partition coefficient (Wildman–Crippen LogP) is 2.67. The molecule has 1 aliphatic rings. The minimum absolute atomic E-state index is 0.109. The molecule has 1 unspecified atom stereocenters. The number of piperidine rings is 1. The topological polar surface area (TPSA) is 75.4 Å². The Balaban J connectivity index is 1.46. The molecule has 0 spiro atoms. The minimum Gasteiger partial charge on any atom is -0.355 e. The first-order valence-corrected chi connectivity index (χ1v) is 9.75. The second-order valence-electron chi connectivity index (χ2n) is 7.82. The monoisotopic (exact) mass is 358 g/mol. The molecule has 142 valence electrons. The molecule has 0 aromatic carbocycles. The van der Waals surface area contributed by atoms with E-state index in [1.54, 1.807) is 10.8 Å². The van der Waals surface area contributed by atoms with Crippen molar-refractivity contribution >= 4 is 17.4 Å². The lowest BCUT2D eigenvalue weighted by Crippen LogP contribution is -2.43. The van der Waals surface area contributed by atoms with Gasteiger partial charge >= 0.3 is 0 Å². The van der Waals surface area contributed by atoms with Gasteiger partial charge in [-0.2, -0.15) is 4.52 Å². The fourth-order valence-electron chi connectivity index (χ4n) is 3.52. The Hall–Kier alpha value is -2.18. The summed E-state index contributed by atoms with van der Waals surface area (Å²) in [5.74, 6) is 1.97. The Morgan fingerprint density at radius 3 is 2.73 bits per heavy atom. The maximum atomic E-state index is 12.5. The van der Waals surface area contributed by atoms with Crippen LogP contribution in [0.1, 0.15) is 52.9 Å². The van der Waals surface area contributed by atoms with Crippen LogP contribution in [0.25, 0.3) is 5.65 Å². The zero-order chi connectivity index (χ0) is 18.5. The van der Waals surface area contributed by atoms with Crippen molar-refractivity contribution in [3.63, 3.8) is 0 Å². The largest absolute Gasteiger partial charge is 0.355 e. The molecule has 0 saturated carbocycles. The molecule has 1 aliphatic heterocycles. The van der Waals surface area contributed by atoms with Crippen molar-refractivity contribution in [1.29, 1.82) is 0 Å². The summed E-state index contributed by atoms with van der Waals surface area (Å²) in [4.78, 5) is 14.8. The normalized spacial score (nSPS) is 17.0. The van der Waals surface area contributed by atoms with Crippen LogP contribution in [-0.2, 0) is 4.79 Å². The number of aromatic nitrogens is 4. The van der Waals surface area contributed by atoms with Gasteiger partial charge < -0.3 is 10.2 Å². The molecule has 0 bridgehead atoms. The average molecular weight is 358 g/mol. The van der Waals surface area contributed by atoms with E-state index in [2.05, 4.69) is 46.3 Å². The molecule has 7 nitrogen and oxygen atoms in total. The molecule has 1 atom stereocenters. The van der Waals surface area contributed by atoms with Gasteiger partial charge in [-0.25, -0.2) is 0 Å². The number of rotatable bonds is 7. The molecule has 3 rings (SSSR count). The van der Waals surface area contributed by atoms with Gasteiger partial charge in [0.2, 0.25) is 5.91 Å². The van der Waals surface area contributed by atoms with Crippen molar-refractivity contribution in [3.05, 3.63) is 18.5 Å². The molecular formula is C19H30N6O. The van der Waals surface area contributed by atoms with E-state index >= 15 is 0 Å². The highest BCUT2D eigenvalue weighted by Crippen LogP contribution is 2.22. The van der Waals surface area contributed by atoms with Crippen LogP contribution in [0.2, 0.25) is 0 Å². The van der Waals surface area contributed by atoms with Gasteiger partial charge in [-0.1, -0.05) is 26.7 Å². The summed E-state index contributed by atoms with van der Waals surface area (Å²) in [6.45, 7) is 8.30. The van der Waals surface area contributed by atoms with E-state index < -0.39 is 0 Å². The highest BCUT2D eigenvalue weighted by Gasteiger charge is 2.26. The minimum atomic E-state index is 0.109. The number of fused-ring (bicyclic) bond motifs is 1. The summed E-state index contributed by atoms with van der Waals surface area (Å²) >= 11 is 0. The fraction of sp³-hybridized carbons (Fsp3) is 0.684. The number of carbonyl (C=O) groups is 1. The Morgan fingerprint density at radius 2 is 2.00 bits per heavy atom. The molecule has 26 heavy (non-hydrogen) atoms. The van der Waals surface area contributed by atoms with E-state index in [-0.39, 0.29) is 17.9 Å². The molecular weight excluding hydrogens is 328 g/mol. The van der Waals surface area contributed by atoms with Gasteiger partial charge in [0.25, 0.3) is 0 Å². The van der Waals surface area contributed by atoms with Crippen molar-refractivity contribution in [1.82, 2.24) is 25.1 Å². The van der Waals surface area contributed by atoms with Crippen LogP contribution in [0.15, 0.2) is 18.5 Å². The summed E-state index contributed by atoms with van der Waals surface area (Å²) in [6.07, 6.45) is 6.81. The van der Waals surface area contributed by atoms with Crippen LogP contribution in [0.5, 0.6) is 0 Å². The van der Waals surface area contributed by atoms with Crippen molar-refractivity contribution in [2.45, 2.75) is 58.9 Å². The van der Waals surface area contributed by atoms with E-state index in [0.717, 1.165) is 49.7 Å². The second kappa shape index (κ2) is 8.47. The molecule has 0 radical (unpaired) electrons. The number of carbonyl (C=O) groups excluding carboxylic acids is 1. The number of hydrogen-bond acceptors (Lipinski definition) is 5. The number of amides is 1. The van der Waals surface area contributed by atoms with Crippen LogP contribution in [0.4, 0.5) is 5.82 Å². The number of nitrogens with zero attached hydrogens (tertiary/aromatic N) is 5. The van der Waals surface area contributed by atoms with E-state index in [9.17, 15) is 4.79 Å². The van der Waals surface area contributed by atoms with Gasteiger partial charge in [0.15, 0.2) is 5.65 Å². The van der Waals surface area contributed by atoms with Crippen LogP contribution >= 0.6 is 0 Å². The first kappa shape index (κ1) is 18.6. The zero-order valence-electron chi connectivity index (χ0n) is 16.1. The lowest BCUT2D eigenvalue weighted by Gasteiger charge is -2.32. The van der Waals surface area contributed by atoms with Crippen molar-refractivity contribution in [2.75, 3.05) is 18.0 Å². The molecule has 1 N–H and O–H groups in total. The molecule has 1 amide bonds. The SMILES string of the molecule is CC(C)CCCC(C)NC(=O)C1CCN(c2ccc3nncn3n2)CC1. The van der Waals surface area contributed by atoms with E-state index in [1.807, 2.05) is 12.1 Å². The smallest absolute Gasteiger partial charge is 0.223 e. The zero-order valence-corrected chi connectivity index (χ0v) is 16.1. The lowest BCUT2D eigenvalue weighted by atomic mass is 9.95. The molecule has 7 heteroatoms. The Bertz CT molecular complexity index is 720. The summed E-state index contributed by atoms with van der Waals surface area (Å²) in [5.41, 5.74) is 0.745. The molecule has 3 heterocycles. The lowest BCUT2D eigenvalue weighted by molar-refractivity contribution is -0.126. The van der Waals surface area contributed by atoms with E-state index in [0.29, 0.717) is 0 Å². The predicted molar refractivity (Wildman–Crippen MR) is 102 cm³/mol. The number of hydrogen-bond donors (Lipinski definition) is 1. The first-order valence-electron chi connectivity index (χ1n) is 9.75. The van der Waals surface area contributed by atoms with Gasteiger partial charge in [-0.3, -0.25) is 4.79 Å². The van der Waals surface area contributed by atoms with Crippen molar-refractivity contribution in [3.8, 4) is 0 Å². The third-order valence-corrected chi connectivity index (χ3v) is 5.14. The van der Waals surface area contributed by atoms with Crippen molar-refractivity contribution in [2.24, 2.45) is 11.8 Å². The van der Waals surface area contributed by atoms with Gasteiger partial charge in [-0.15, -0.1) is 15.3 Å². The van der Waals surface area contributed by atoms with Gasteiger partial charge in [-0.05, 0) is 44.2 Å². The average Bonchev–Trinajstić information content (AvgIpc) is 3.09. The van der Waals surface area contributed by atoms with Gasteiger partial charge in [0.1, 0.15) is 12.1 Å². The summed E-state index contributed by atoms with van der Waals surface area (Å²) < 4.78 is 1.69. The Labute approximate surface area is 155 Å². The summed E-state index contributed by atoms with van der Waals surface area (Å²) in [5, 5.41) is 15.6. The summed E-state index contributed by atoms with van der Waals surface area (Å²) in [7, 11) is 0. The Kier molecular flexibility index (Phi) is 6.06. The quantitative estimate of drug-likeness (QED) is 0.823. The fourth-order valence-corrected chi connectivity index (χ4v) is 3.52. The molecule has 2 aromatic heterocycles. The summed E-state index contributed by atoms with van der Waals surface area (Å²) in [6, 6.07) is 4.16. The third-order valence-electron chi connectivity index (χ3n) is 5.14. The molecule has 0 aliphatic carbocycles. The highest BCUT2D eigenvalue weighted by atomic mass is 16.1. The van der Waals surface area contributed by atoms with E-state index in [4.69, 9.17) is 0 Å². The maximum absolute atomic E-state index is 12.5. The van der Waals surface area contributed by atoms with Gasteiger partial charge in [0.05, 0.1) is 0 Å². The van der Waals surface area contributed by atoms with Crippen molar-refractivity contribution < 1.29 is 4.79 Å². The molecule has 1 fully saturated rings. The van der Waals surface area contributed by atoms with Gasteiger partial charge in [0, 0.05) is 25.0 Å². The maximum Gasteiger partial charge on any atom is 0.223 e.